The van der Waals surface area contributed by atoms with E-state index < -0.39 is 28.2 Å². The van der Waals surface area contributed by atoms with Gasteiger partial charge in [0.05, 0.1) is 12.5 Å². The van der Waals surface area contributed by atoms with Crippen LogP contribution in [-0.4, -0.2) is 27.1 Å². The molecule has 1 atom stereocenters. The fraction of sp³-hybridized carbons (Fsp3) is 0.135. The number of rotatable bonds is 11. The molecule has 1 aliphatic carbocycles. The predicted molar refractivity (Wildman–Crippen MR) is 172 cm³/mol. The Balaban J connectivity index is 1.16. The number of alkyl carbamates (subject to hydrolysis) is 1. The van der Waals surface area contributed by atoms with E-state index in [9.17, 15) is 18.0 Å². The standard InChI is InChI=1S/C37H31NO7S/c39-36(43-24-26-11-3-1-4-12-26)23-35(27-19-21-28(22-20-27)45-46(41,42)29-13-5-2-6-14-29)38-37(40)44-25-34-32-17-9-7-15-30(32)31-16-8-10-18-33(31)34/h1-22,34-35H,23-25H2,(H,38,40). The van der Waals surface area contributed by atoms with Crippen LogP contribution in [0.1, 0.15) is 40.6 Å². The summed E-state index contributed by atoms with van der Waals surface area (Å²) < 4.78 is 41.9. The third-order valence-corrected chi connectivity index (χ3v) is 9.03. The monoisotopic (exact) mass is 633 g/mol. The summed E-state index contributed by atoms with van der Waals surface area (Å²) in [7, 11) is -4.04. The number of ether oxygens (including phenoxy) is 2. The lowest BCUT2D eigenvalue weighted by atomic mass is 9.98. The van der Waals surface area contributed by atoms with Crippen molar-refractivity contribution >= 4 is 22.2 Å². The number of carbonyl (C=O) groups excluding carboxylic acids is 2. The van der Waals surface area contributed by atoms with E-state index in [0.717, 1.165) is 27.8 Å². The van der Waals surface area contributed by atoms with Gasteiger partial charge in [0.1, 0.15) is 23.9 Å². The van der Waals surface area contributed by atoms with Crippen molar-refractivity contribution in [3.05, 3.63) is 156 Å². The van der Waals surface area contributed by atoms with E-state index in [1.165, 1.54) is 24.3 Å². The molecule has 0 bridgehead atoms. The summed E-state index contributed by atoms with van der Waals surface area (Å²) in [6.07, 6.45) is -0.880. The van der Waals surface area contributed by atoms with Crippen LogP contribution in [0.15, 0.2) is 138 Å². The van der Waals surface area contributed by atoms with Crippen LogP contribution in [0, 0.1) is 0 Å². The molecule has 1 aliphatic rings. The van der Waals surface area contributed by atoms with E-state index in [2.05, 4.69) is 17.4 Å². The van der Waals surface area contributed by atoms with Gasteiger partial charge in [-0.05, 0) is 57.6 Å². The Kier molecular flexibility index (Phi) is 9.12. The topological polar surface area (TPSA) is 108 Å². The highest BCUT2D eigenvalue weighted by Crippen LogP contribution is 2.44. The summed E-state index contributed by atoms with van der Waals surface area (Å²) in [5, 5.41) is 2.81. The number of hydrogen-bond donors (Lipinski definition) is 1. The number of carbonyl (C=O) groups is 2. The van der Waals surface area contributed by atoms with Gasteiger partial charge in [-0.15, -0.1) is 0 Å². The summed E-state index contributed by atoms with van der Waals surface area (Å²) >= 11 is 0. The van der Waals surface area contributed by atoms with Crippen LogP contribution in [-0.2, 0) is 31.0 Å². The van der Waals surface area contributed by atoms with E-state index >= 15 is 0 Å². The zero-order chi connectivity index (χ0) is 31.9. The largest absolute Gasteiger partial charge is 0.461 e. The smallest absolute Gasteiger partial charge is 0.407 e. The average Bonchev–Trinajstić information content (AvgIpc) is 3.41. The lowest BCUT2D eigenvalue weighted by molar-refractivity contribution is -0.145. The van der Waals surface area contributed by atoms with Crippen LogP contribution >= 0.6 is 0 Å². The predicted octanol–water partition coefficient (Wildman–Crippen LogP) is 7.17. The molecule has 0 radical (unpaired) electrons. The second-order valence-corrected chi connectivity index (χ2v) is 12.3. The average molecular weight is 634 g/mol. The Bertz CT molecular complexity index is 1880. The van der Waals surface area contributed by atoms with Gasteiger partial charge in [-0.25, -0.2) is 4.79 Å². The van der Waals surface area contributed by atoms with Crippen molar-refractivity contribution < 1.29 is 31.7 Å². The normalized spacial score (nSPS) is 12.8. The molecule has 46 heavy (non-hydrogen) atoms. The number of esters is 1. The van der Waals surface area contributed by atoms with Crippen LogP contribution in [0.5, 0.6) is 5.75 Å². The van der Waals surface area contributed by atoms with Crippen LogP contribution in [0.3, 0.4) is 0 Å². The molecule has 5 aromatic rings. The van der Waals surface area contributed by atoms with Crippen molar-refractivity contribution in [1.29, 1.82) is 0 Å². The first-order chi connectivity index (χ1) is 22.4. The van der Waals surface area contributed by atoms with Gasteiger partial charge in [0.15, 0.2) is 0 Å². The first-order valence-corrected chi connectivity index (χ1v) is 16.2. The molecule has 8 nitrogen and oxygen atoms in total. The molecule has 232 valence electrons. The molecule has 0 heterocycles. The summed E-state index contributed by atoms with van der Waals surface area (Å²) in [5.74, 6) is -0.575. The molecule has 0 fully saturated rings. The maximum Gasteiger partial charge on any atom is 0.407 e. The van der Waals surface area contributed by atoms with Crippen LogP contribution in [0.25, 0.3) is 11.1 Å². The highest BCUT2D eigenvalue weighted by Gasteiger charge is 2.30. The quantitative estimate of drug-likeness (QED) is 0.121. The molecule has 0 aromatic heterocycles. The summed E-state index contributed by atoms with van der Waals surface area (Å²) in [6.45, 7) is 0.191. The van der Waals surface area contributed by atoms with E-state index in [1.54, 1.807) is 30.3 Å². The Morgan fingerprint density at radius 1 is 0.674 bits per heavy atom. The summed E-state index contributed by atoms with van der Waals surface area (Å²) in [4.78, 5) is 26.1. The van der Waals surface area contributed by atoms with Gasteiger partial charge in [0.2, 0.25) is 0 Å². The van der Waals surface area contributed by atoms with Gasteiger partial charge in [-0.3, -0.25) is 4.79 Å². The number of hydrogen-bond acceptors (Lipinski definition) is 7. The number of nitrogens with one attached hydrogen (secondary N) is 1. The lowest BCUT2D eigenvalue weighted by Gasteiger charge is -2.20. The third-order valence-electron chi connectivity index (χ3n) is 7.77. The molecule has 0 saturated heterocycles. The van der Waals surface area contributed by atoms with Crippen molar-refractivity contribution in [3.63, 3.8) is 0 Å². The van der Waals surface area contributed by atoms with Gasteiger partial charge in [0, 0.05) is 5.92 Å². The van der Waals surface area contributed by atoms with Gasteiger partial charge < -0.3 is 19.0 Å². The molecular weight excluding hydrogens is 602 g/mol. The molecule has 1 N–H and O–H groups in total. The minimum absolute atomic E-state index is 0.0232. The molecule has 0 aliphatic heterocycles. The summed E-state index contributed by atoms with van der Waals surface area (Å²) in [5.41, 5.74) is 5.76. The van der Waals surface area contributed by atoms with Crippen LogP contribution in [0.2, 0.25) is 0 Å². The van der Waals surface area contributed by atoms with Gasteiger partial charge in [-0.1, -0.05) is 109 Å². The van der Waals surface area contributed by atoms with Gasteiger partial charge in [-0.2, -0.15) is 8.42 Å². The van der Waals surface area contributed by atoms with Crippen molar-refractivity contribution in [2.24, 2.45) is 0 Å². The maximum absolute atomic E-state index is 13.2. The highest BCUT2D eigenvalue weighted by atomic mass is 32.2. The Morgan fingerprint density at radius 3 is 1.87 bits per heavy atom. The fourth-order valence-electron chi connectivity index (χ4n) is 5.52. The van der Waals surface area contributed by atoms with Crippen molar-refractivity contribution in [1.82, 2.24) is 5.32 Å². The number of fused-ring (bicyclic) bond motifs is 3. The number of benzene rings is 5. The van der Waals surface area contributed by atoms with E-state index in [1.807, 2.05) is 66.7 Å². The first kappa shape index (κ1) is 30.6. The van der Waals surface area contributed by atoms with E-state index in [4.69, 9.17) is 13.7 Å². The van der Waals surface area contributed by atoms with Crippen molar-refractivity contribution in [2.75, 3.05) is 6.61 Å². The lowest BCUT2D eigenvalue weighted by Crippen LogP contribution is -2.32. The number of amides is 1. The molecular formula is C37H31NO7S. The van der Waals surface area contributed by atoms with Crippen LogP contribution in [0.4, 0.5) is 4.79 Å². The Labute approximate surface area is 267 Å². The molecule has 1 unspecified atom stereocenters. The Morgan fingerprint density at radius 2 is 1.24 bits per heavy atom. The zero-order valence-electron chi connectivity index (χ0n) is 24.7. The van der Waals surface area contributed by atoms with Gasteiger partial charge in [0.25, 0.3) is 0 Å². The van der Waals surface area contributed by atoms with E-state index in [-0.39, 0.29) is 36.2 Å². The minimum atomic E-state index is -4.04. The SMILES string of the molecule is O=C(CC(NC(=O)OCC1c2ccccc2-c2ccccc21)c1ccc(OS(=O)(=O)c2ccccc2)cc1)OCc1ccccc1. The van der Waals surface area contributed by atoms with Crippen LogP contribution < -0.4 is 9.50 Å². The van der Waals surface area contributed by atoms with Crippen molar-refractivity contribution in [2.45, 2.75) is 29.9 Å². The molecule has 0 saturated carbocycles. The second-order valence-electron chi connectivity index (χ2n) is 10.8. The second kappa shape index (κ2) is 13.7. The Hall–Kier alpha value is -5.41. The molecule has 6 rings (SSSR count). The third kappa shape index (κ3) is 7.11. The fourth-order valence-corrected chi connectivity index (χ4v) is 6.47. The maximum atomic E-state index is 13.2. The minimum Gasteiger partial charge on any atom is -0.461 e. The summed E-state index contributed by atoms with van der Waals surface area (Å²) in [6, 6.07) is 38.5. The van der Waals surface area contributed by atoms with E-state index in [0.29, 0.717) is 5.56 Å². The zero-order valence-corrected chi connectivity index (χ0v) is 25.6. The van der Waals surface area contributed by atoms with Crippen molar-refractivity contribution in [3.8, 4) is 16.9 Å². The molecule has 9 heteroatoms. The molecule has 0 spiro atoms. The van der Waals surface area contributed by atoms with Gasteiger partial charge >= 0.3 is 22.2 Å². The first-order valence-electron chi connectivity index (χ1n) is 14.8. The molecule has 1 amide bonds. The molecule has 5 aromatic carbocycles. The highest BCUT2D eigenvalue weighted by molar-refractivity contribution is 7.87.